The van der Waals surface area contributed by atoms with Crippen molar-refractivity contribution in [1.82, 2.24) is 9.62 Å². The number of hydrogen-bond donors (Lipinski definition) is 4. The summed E-state index contributed by atoms with van der Waals surface area (Å²) in [4.78, 5) is 27.0. The fourth-order valence-corrected chi connectivity index (χ4v) is 11.7. The van der Waals surface area contributed by atoms with Crippen molar-refractivity contribution in [3.05, 3.63) is 137 Å². The third kappa shape index (κ3) is 15.7. The van der Waals surface area contributed by atoms with Gasteiger partial charge in [-0.3, -0.25) is 9.59 Å². The Morgan fingerprint density at radius 2 is 1.45 bits per heavy atom. The van der Waals surface area contributed by atoms with Gasteiger partial charge in [-0.2, -0.15) is 13.2 Å². The zero-order chi connectivity index (χ0) is 51.2. The predicted molar refractivity (Wildman–Crippen MR) is 274 cm³/mol. The maximum Gasteiger partial charge on any atom is 0.501 e. The summed E-state index contributed by atoms with van der Waals surface area (Å²) in [6.45, 7) is 2.45. The van der Waals surface area contributed by atoms with Gasteiger partial charge in [0.1, 0.15) is 4.90 Å². The summed E-state index contributed by atoms with van der Waals surface area (Å²) >= 11 is 7.53. The molecule has 1 saturated heterocycles. The molecule has 0 aliphatic carbocycles. The van der Waals surface area contributed by atoms with Crippen LogP contribution in [0.3, 0.4) is 0 Å². The zero-order valence-electron chi connectivity index (χ0n) is 39.4. The molecule has 0 spiro atoms. The first kappa shape index (κ1) is 55.2. The van der Waals surface area contributed by atoms with Crippen LogP contribution >= 0.6 is 23.4 Å². The molecular formula is C52H60ClF3N4O8S3. The molecule has 0 saturated carbocycles. The summed E-state index contributed by atoms with van der Waals surface area (Å²) in [5.41, 5.74) is -2.82. The average Bonchev–Trinajstić information content (AvgIpc) is 3.35. The Morgan fingerprint density at radius 1 is 0.817 bits per heavy atom. The minimum Gasteiger partial charge on any atom is -0.481 e. The lowest BCUT2D eigenvalue weighted by Gasteiger charge is -2.36. The van der Waals surface area contributed by atoms with E-state index in [9.17, 15) is 44.7 Å². The number of alkyl halides is 3. The summed E-state index contributed by atoms with van der Waals surface area (Å²) in [7, 11) is -9.08. The molecule has 0 aromatic heterocycles. The van der Waals surface area contributed by atoms with Crippen molar-refractivity contribution >= 4 is 66.5 Å². The molecule has 1 aliphatic rings. The topological polar surface area (TPSA) is 173 Å². The lowest BCUT2D eigenvalue weighted by atomic mass is 9.84. The molecule has 71 heavy (non-hydrogen) atoms. The first-order valence-electron chi connectivity index (χ1n) is 23.6. The van der Waals surface area contributed by atoms with Crippen LogP contribution in [-0.2, 0) is 24.7 Å². The number of carbonyl (C=O) groups is 2. The summed E-state index contributed by atoms with van der Waals surface area (Å²) in [6, 6.07) is 32.4. The second-order valence-corrected chi connectivity index (χ2v) is 22.9. The third-order valence-electron chi connectivity index (χ3n) is 12.6. The fraction of sp³-hybridized carbons (Fsp3) is 0.385. The highest BCUT2D eigenvalue weighted by molar-refractivity contribution is 7.99. The summed E-state index contributed by atoms with van der Waals surface area (Å²) < 4.78 is 98.2. The summed E-state index contributed by atoms with van der Waals surface area (Å²) in [5, 5.41) is 24.0. The van der Waals surface area contributed by atoms with Crippen molar-refractivity contribution in [2.24, 2.45) is 5.92 Å². The monoisotopic (exact) mass is 1060 g/mol. The number of aliphatic hydroxyl groups excluding tert-OH is 1. The number of carboxylic acids is 1. The van der Waals surface area contributed by atoms with E-state index in [0.29, 0.717) is 62.2 Å². The van der Waals surface area contributed by atoms with E-state index in [0.717, 1.165) is 78.1 Å². The van der Waals surface area contributed by atoms with Gasteiger partial charge in [-0.1, -0.05) is 91.9 Å². The number of aliphatic carboxylic acids is 1. The van der Waals surface area contributed by atoms with Gasteiger partial charge in [0.25, 0.3) is 25.8 Å². The second kappa shape index (κ2) is 25.5. The molecule has 1 heterocycles. The number of piperidine rings is 1. The number of hydrogen-bond acceptors (Lipinski definition) is 11. The SMILES string of the molecule is CN(CCCCCCCCC(=O)O)CCC(CSc1ccccc1)Nc1ccc(S(=O)(=O)NC(=O)c2ccc(N3CCC([C@@H](O)c4ccccc4-c4ccc(Cl)cc4)CC3)cc2)cc1S(=O)(=O)C(F)(F)F. The van der Waals surface area contributed by atoms with Crippen LogP contribution in [-0.4, -0.2) is 94.4 Å². The van der Waals surface area contributed by atoms with Gasteiger partial charge in [0.15, 0.2) is 0 Å². The Morgan fingerprint density at radius 3 is 2.11 bits per heavy atom. The number of anilines is 2. The van der Waals surface area contributed by atoms with Crippen molar-refractivity contribution in [3.63, 3.8) is 0 Å². The molecule has 1 aliphatic heterocycles. The second-order valence-electron chi connectivity index (χ2n) is 17.8. The minimum atomic E-state index is -6.10. The molecule has 5 aromatic rings. The maximum atomic E-state index is 14.3. The number of carbonyl (C=O) groups excluding carboxylic acids is 1. The Bertz CT molecular complexity index is 2760. The number of amides is 1. The molecule has 0 bridgehead atoms. The summed E-state index contributed by atoms with van der Waals surface area (Å²) in [5.74, 6) is -1.57. The number of sulfone groups is 1. The molecule has 0 radical (unpaired) electrons. The maximum absolute atomic E-state index is 14.3. The van der Waals surface area contributed by atoms with Gasteiger partial charge in [0, 0.05) is 52.5 Å². The standard InChI is InChI=1S/C52H60ClF3N4O8S3/c1-59(31-12-5-3-2-4-9-17-49(61)62)32-30-41(36-69-43-13-7-6-8-14-43)57-47-27-26-44(35-48(47)70(65,66)52(54,55)56)71(67,68)58-51(64)39-20-24-42(25-21-39)60-33-28-38(29-34-60)50(63)46-16-11-10-15-45(46)37-18-22-40(53)23-19-37/h6-8,10-11,13-16,18-27,35,38,41,50,57,63H,2-5,9,12,17,28-34,36H2,1H3,(H,58,64)(H,61,62)/t41?,50-/m1/s1. The molecule has 4 N–H and O–H groups in total. The molecule has 12 nitrogen and oxygen atoms in total. The molecule has 1 amide bonds. The molecular weight excluding hydrogens is 997 g/mol. The molecule has 2 atom stereocenters. The van der Waals surface area contributed by atoms with Crippen LogP contribution in [0, 0.1) is 5.92 Å². The van der Waals surface area contributed by atoms with Crippen LogP contribution in [0.25, 0.3) is 11.1 Å². The van der Waals surface area contributed by atoms with Crippen LogP contribution in [0.2, 0.25) is 5.02 Å². The average molecular weight is 1060 g/mol. The first-order chi connectivity index (χ1) is 33.8. The van der Waals surface area contributed by atoms with E-state index < -0.39 is 64.9 Å². The molecule has 19 heteroatoms. The van der Waals surface area contributed by atoms with E-state index in [-0.39, 0.29) is 17.9 Å². The third-order valence-corrected chi connectivity index (χ3v) is 16.9. The lowest BCUT2D eigenvalue weighted by molar-refractivity contribution is -0.137. The minimum absolute atomic E-state index is 0.0269. The van der Waals surface area contributed by atoms with E-state index >= 15 is 0 Å². The molecule has 6 rings (SSSR count). The van der Waals surface area contributed by atoms with Crippen LogP contribution in [0.1, 0.15) is 86.2 Å². The van der Waals surface area contributed by atoms with Crippen molar-refractivity contribution in [2.75, 3.05) is 49.2 Å². The number of thioether (sulfide) groups is 1. The normalized spacial score (nSPS) is 14.5. The van der Waals surface area contributed by atoms with Crippen LogP contribution in [0.4, 0.5) is 24.5 Å². The van der Waals surface area contributed by atoms with Crippen molar-refractivity contribution in [1.29, 1.82) is 0 Å². The van der Waals surface area contributed by atoms with Crippen molar-refractivity contribution in [2.45, 2.75) is 96.5 Å². The predicted octanol–water partition coefficient (Wildman–Crippen LogP) is 11.1. The van der Waals surface area contributed by atoms with Gasteiger partial charge in [-0.25, -0.2) is 21.6 Å². The van der Waals surface area contributed by atoms with Crippen LogP contribution in [0.15, 0.2) is 136 Å². The number of nitrogens with zero attached hydrogens (tertiary/aromatic N) is 2. The highest BCUT2D eigenvalue weighted by Gasteiger charge is 2.48. The van der Waals surface area contributed by atoms with Gasteiger partial charge < -0.3 is 25.3 Å². The van der Waals surface area contributed by atoms with Gasteiger partial charge in [-0.05, 0) is 142 Å². The van der Waals surface area contributed by atoms with Crippen LogP contribution in [0.5, 0.6) is 0 Å². The van der Waals surface area contributed by atoms with E-state index in [1.54, 1.807) is 12.1 Å². The number of aliphatic hydroxyl groups is 1. The molecule has 1 fully saturated rings. The quantitative estimate of drug-likeness (QED) is 0.0322. The Labute approximate surface area is 424 Å². The Hall–Kier alpha value is -5.11. The first-order valence-corrected chi connectivity index (χ1v) is 27.9. The number of halogens is 4. The van der Waals surface area contributed by atoms with Gasteiger partial charge >= 0.3 is 11.5 Å². The van der Waals surface area contributed by atoms with E-state index in [1.807, 2.05) is 90.6 Å². The van der Waals surface area contributed by atoms with E-state index in [4.69, 9.17) is 16.7 Å². The molecule has 5 aromatic carbocycles. The smallest absolute Gasteiger partial charge is 0.481 e. The van der Waals surface area contributed by atoms with E-state index in [2.05, 4.69) is 15.1 Å². The van der Waals surface area contributed by atoms with E-state index in [1.165, 1.54) is 23.9 Å². The van der Waals surface area contributed by atoms with Gasteiger partial charge in [0.2, 0.25) is 0 Å². The Balaban J connectivity index is 1.10. The zero-order valence-corrected chi connectivity index (χ0v) is 42.6. The highest BCUT2D eigenvalue weighted by Crippen LogP contribution is 2.39. The lowest BCUT2D eigenvalue weighted by Crippen LogP contribution is -2.36. The van der Waals surface area contributed by atoms with Crippen molar-refractivity contribution < 1.29 is 49.8 Å². The van der Waals surface area contributed by atoms with Crippen LogP contribution < -0.4 is 14.9 Å². The number of sulfonamides is 1. The fourth-order valence-electron chi connectivity index (χ4n) is 8.56. The van der Waals surface area contributed by atoms with Crippen molar-refractivity contribution in [3.8, 4) is 11.1 Å². The number of nitrogens with one attached hydrogen (secondary N) is 2. The van der Waals surface area contributed by atoms with Gasteiger partial charge in [-0.15, -0.1) is 11.8 Å². The highest BCUT2D eigenvalue weighted by atomic mass is 35.5. The summed E-state index contributed by atoms with van der Waals surface area (Å²) in [6.07, 6.45) is 6.39. The largest absolute Gasteiger partial charge is 0.501 e. The number of carboxylic acid groups (broad SMARTS) is 1. The molecule has 1 unspecified atom stereocenters. The Kier molecular flexibility index (Phi) is 19.8. The molecule has 382 valence electrons. The number of unbranched alkanes of at least 4 members (excludes halogenated alkanes) is 5. The van der Waals surface area contributed by atoms with Gasteiger partial charge in [0.05, 0.1) is 16.7 Å². The number of benzene rings is 5. The number of rotatable bonds is 25.